The maximum Gasteiger partial charge on any atom is 0.318 e. The van der Waals surface area contributed by atoms with Crippen LogP contribution in [0.5, 0.6) is 0 Å². The van der Waals surface area contributed by atoms with Gasteiger partial charge in [0.15, 0.2) is 0 Å². The van der Waals surface area contributed by atoms with E-state index in [1.54, 1.807) is 0 Å². The minimum Gasteiger partial charge on any atom is -0.480 e. The van der Waals surface area contributed by atoms with E-state index in [9.17, 15) is 13.2 Å². The van der Waals surface area contributed by atoms with Gasteiger partial charge in [-0.15, -0.1) is 0 Å². The van der Waals surface area contributed by atoms with Crippen LogP contribution < -0.4 is 4.72 Å². The number of rotatable bonds is 3. The Labute approximate surface area is 71.8 Å². The maximum absolute atomic E-state index is 11.2. The molecule has 2 N–H and O–H groups in total. The van der Waals surface area contributed by atoms with Gasteiger partial charge < -0.3 is 5.11 Å². The van der Waals surface area contributed by atoms with Crippen molar-refractivity contribution < 1.29 is 18.3 Å². The number of hydrogen-bond acceptors (Lipinski definition) is 3. The van der Waals surface area contributed by atoms with Crippen molar-refractivity contribution in [2.45, 2.75) is 25.5 Å². The van der Waals surface area contributed by atoms with Crippen LogP contribution in [-0.2, 0) is 14.8 Å². The first kappa shape index (κ1) is 11.4. The van der Waals surface area contributed by atoms with Gasteiger partial charge in [0.1, 0.15) is 6.54 Å². The minimum atomic E-state index is -3.52. The van der Waals surface area contributed by atoms with Crippen LogP contribution in [0.3, 0.4) is 0 Å². The Kier molecular flexibility index (Phi) is 3.23. The number of nitrogens with one attached hydrogen (secondary N) is 1. The zero-order valence-electron chi connectivity index (χ0n) is 7.29. The lowest BCUT2D eigenvalue weighted by Crippen LogP contribution is -2.41. The minimum absolute atomic E-state index is 0.570. The first-order valence-electron chi connectivity index (χ1n) is 3.38. The molecule has 5 nitrogen and oxygen atoms in total. The average Bonchev–Trinajstić information content (AvgIpc) is 1.81. The summed E-state index contributed by atoms with van der Waals surface area (Å²) in [6.07, 6.45) is 0. The first-order chi connectivity index (χ1) is 5.17. The maximum atomic E-state index is 11.2. The quantitative estimate of drug-likeness (QED) is 0.652. The van der Waals surface area contributed by atoms with Crippen molar-refractivity contribution in [2.24, 2.45) is 0 Å². The third kappa shape index (κ3) is 3.19. The molecule has 0 rings (SSSR count). The average molecular weight is 195 g/mol. The van der Waals surface area contributed by atoms with Crippen molar-refractivity contribution in [3.05, 3.63) is 0 Å². The Balaban J connectivity index is 4.37. The fourth-order valence-corrected chi connectivity index (χ4v) is 1.12. The van der Waals surface area contributed by atoms with Gasteiger partial charge in [0.05, 0.1) is 4.75 Å². The third-order valence-electron chi connectivity index (χ3n) is 1.22. The molecule has 0 spiro atoms. The fraction of sp³-hybridized carbons (Fsp3) is 0.833. The number of sulfonamides is 1. The van der Waals surface area contributed by atoms with Gasteiger partial charge in [-0.25, -0.2) is 13.1 Å². The standard InChI is InChI=1S/C6H13NO4S/c1-6(2,3)12(10,11)7-4-5(8)9/h7H,4H2,1-3H3,(H,8,9). The van der Waals surface area contributed by atoms with Crippen molar-refractivity contribution in [2.75, 3.05) is 6.54 Å². The SMILES string of the molecule is CC(C)(C)S(=O)(=O)NCC(=O)O. The molecule has 0 aliphatic rings. The molecule has 0 aliphatic heterocycles. The molecule has 0 aromatic heterocycles. The molecule has 0 radical (unpaired) electrons. The van der Waals surface area contributed by atoms with Crippen molar-refractivity contribution in [3.63, 3.8) is 0 Å². The number of carboxylic acid groups (broad SMARTS) is 1. The van der Waals surface area contributed by atoms with Crippen LogP contribution in [0.15, 0.2) is 0 Å². The van der Waals surface area contributed by atoms with Crippen LogP contribution in [-0.4, -0.2) is 30.8 Å². The van der Waals surface area contributed by atoms with E-state index in [1.165, 1.54) is 20.8 Å². The molecule has 0 saturated heterocycles. The summed E-state index contributed by atoms with van der Waals surface area (Å²) in [5.41, 5.74) is 0. The molecule has 6 heteroatoms. The lowest BCUT2D eigenvalue weighted by Gasteiger charge is -2.18. The summed E-state index contributed by atoms with van der Waals surface area (Å²) in [4.78, 5) is 10.0. The van der Waals surface area contributed by atoms with Crippen molar-refractivity contribution in [1.82, 2.24) is 4.72 Å². The molecule has 0 amide bonds. The highest BCUT2D eigenvalue weighted by atomic mass is 32.2. The molecular formula is C6H13NO4S. The molecule has 0 aliphatic carbocycles. The lowest BCUT2D eigenvalue weighted by atomic mass is 10.3. The highest BCUT2D eigenvalue weighted by Gasteiger charge is 2.28. The van der Waals surface area contributed by atoms with Gasteiger partial charge >= 0.3 is 5.97 Å². The van der Waals surface area contributed by atoms with Crippen LogP contribution in [0.25, 0.3) is 0 Å². The molecule has 0 bridgehead atoms. The summed E-state index contributed by atoms with van der Waals surface area (Å²) in [5, 5.41) is 8.22. The van der Waals surface area contributed by atoms with E-state index in [1.807, 2.05) is 4.72 Å². The predicted molar refractivity (Wildman–Crippen MR) is 44.3 cm³/mol. The van der Waals surface area contributed by atoms with Crippen LogP contribution in [0.1, 0.15) is 20.8 Å². The molecule has 0 atom stereocenters. The first-order valence-corrected chi connectivity index (χ1v) is 4.86. The molecule has 0 fully saturated rings. The van der Waals surface area contributed by atoms with Crippen molar-refractivity contribution >= 4 is 16.0 Å². The molecule has 0 aromatic rings. The highest BCUT2D eigenvalue weighted by Crippen LogP contribution is 2.12. The summed E-state index contributed by atoms with van der Waals surface area (Å²) in [7, 11) is -3.52. The smallest absolute Gasteiger partial charge is 0.318 e. The van der Waals surface area contributed by atoms with Gasteiger partial charge in [0.2, 0.25) is 10.0 Å². The van der Waals surface area contributed by atoms with Gasteiger partial charge in [-0.2, -0.15) is 0 Å². The monoisotopic (exact) mass is 195 g/mol. The lowest BCUT2D eigenvalue weighted by molar-refractivity contribution is -0.135. The summed E-state index contributed by atoms with van der Waals surface area (Å²) < 4.78 is 23.4. The summed E-state index contributed by atoms with van der Waals surface area (Å²) in [6, 6.07) is 0. The molecule has 0 saturated carbocycles. The van der Waals surface area contributed by atoms with Crippen molar-refractivity contribution in [1.29, 1.82) is 0 Å². The number of carboxylic acids is 1. The van der Waals surface area contributed by atoms with Gasteiger partial charge in [-0.3, -0.25) is 4.79 Å². The van der Waals surface area contributed by atoms with E-state index in [4.69, 9.17) is 5.11 Å². The Morgan fingerprint density at radius 1 is 1.42 bits per heavy atom. The second-order valence-electron chi connectivity index (χ2n) is 3.33. The van der Waals surface area contributed by atoms with Crippen LogP contribution >= 0.6 is 0 Å². The van der Waals surface area contributed by atoms with Gasteiger partial charge in [-0.05, 0) is 20.8 Å². The van der Waals surface area contributed by atoms with E-state index >= 15 is 0 Å². The molecule has 72 valence electrons. The van der Waals surface area contributed by atoms with Crippen LogP contribution in [0.2, 0.25) is 0 Å². The molecular weight excluding hydrogens is 182 g/mol. The van der Waals surface area contributed by atoms with Gasteiger partial charge in [0, 0.05) is 0 Å². The third-order valence-corrected chi connectivity index (χ3v) is 3.36. The van der Waals surface area contributed by atoms with Crippen LogP contribution in [0.4, 0.5) is 0 Å². The van der Waals surface area contributed by atoms with Gasteiger partial charge in [0.25, 0.3) is 0 Å². The molecule has 0 aromatic carbocycles. The topological polar surface area (TPSA) is 83.5 Å². The van der Waals surface area contributed by atoms with E-state index in [-0.39, 0.29) is 0 Å². The number of aliphatic carboxylic acids is 1. The second kappa shape index (κ2) is 3.40. The predicted octanol–water partition coefficient (Wildman–Crippen LogP) is -0.211. The van der Waals surface area contributed by atoms with E-state index in [2.05, 4.69) is 0 Å². The molecule has 0 unspecified atom stereocenters. The summed E-state index contributed by atoms with van der Waals surface area (Å²) in [6.45, 7) is 3.92. The highest BCUT2D eigenvalue weighted by molar-refractivity contribution is 7.90. The Hall–Kier alpha value is -0.620. The Morgan fingerprint density at radius 3 is 2.08 bits per heavy atom. The number of carbonyl (C=O) groups is 1. The Morgan fingerprint density at radius 2 is 1.83 bits per heavy atom. The second-order valence-corrected chi connectivity index (χ2v) is 5.85. The van der Waals surface area contributed by atoms with Crippen LogP contribution in [0, 0.1) is 0 Å². The molecule has 0 heterocycles. The summed E-state index contributed by atoms with van der Waals surface area (Å²) in [5.74, 6) is -1.19. The largest absolute Gasteiger partial charge is 0.480 e. The number of hydrogen-bond donors (Lipinski definition) is 2. The fourth-order valence-electron chi connectivity index (χ4n) is 0.373. The molecule has 12 heavy (non-hydrogen) atoms. The normalized spacial score (nSPS) is 12.9. The summed E-state index contributed by atoms with van der Waals surface area (Å²) >= 11 is 0. The van der Waals surface area contributed by atoms with E-state index in [0.717, 1.165) is 0 Å². The Bertz CT molecular complexity index is 262. The van der Waals surface area contributed by atoms with Crippen molar-refractivity contribution in [3.8, 4) is 0 Å². The zero-order chi connectivity index (χ0) is 9.99. The van der Waals surface area contributed by atoms with E-state index in [0.29, 0.717) is 0 Å². The van der Waals surface area contributed by atoms with Gasteiger partial charge in [-0.1, -0.05) is 0 Å². The zero-order valence-corrected chi connectivity index (χ0v) is 8.10. The van der Waals surface area contributed by atoms with E-state index < -0.39 is 27.3 Å².